The fraction of sp³-hybridized carbons (Fsp3) is 0.391. The number of aliphatic hydroxyl groups is 1. The van der Waals surface area contributed by atoms with Crippen molar-refractivity contribution in [1.29, 1.82) is 0 Å². The summed E-state index contributed by atoms with van der Waals surface area (Å²) in [5, 5.41) is 18.3. The number of oxime groups is 1. The lowest BCUT2D eigenvalue weighted by Gasteiger charge is -2.19. The van der Waals surface area contributed by atoms with Crippen molar-refractivity contribution in [2.75, 3.05) is 6.61 Å². The zero-order valence-corrected chi connectivity index (χ0v) is 21.2. The maximum absolute atomic E-state index is 12.5. The molecule has 0 spiro atoms. The summed E-state index contributed by atoms with van der Waals surface area (Å²) in [4.78, 5) is 34.2. The molecule has 13 heteroatoms. The van der Waals surface area contributed by atoms with Gasteiger partial charge in [0.15, 0.2) is 5.84 Å². The van der Waals surface area contributed by atoms with Crippen LogP contribution in [0.5, 0.6) is 0 Å². The minimum atomic E-state index is -3.92. The predicted molar refractivity (Wildman–Crippen MR) is 134 cm³/mol. The predicted octanol–water partition coefficient (Wildman–Crippen LogP) is -0.272. The monoisotopic (exact) mass is 520 g/mol. The van der Waals surface area contributed by atoms with Crippen molar-refractivity contribution in [3.8, 4) is 0 Å². The van der Waals surface area contributed by atoms with E-state index in [1.165, 1.54) is 13.1 Å². The van der Waals surface area contributed by atoms with E-state index in [0.29, 0.717) is 16.8 Å². The number of nitrogens with two attached hydrogens (primary N) is 1. The molecule has 2 atom stereocenters. The second-order valence-corrected chi connectivity index (χ2v) is 9.97. The molecule has 2 amide bonds. The lowest BCUT2D eigenvalue weighted by molar-refractivity contribution is -0.130. The fourth-order valence-corrected chi connectivity index (χ4v) is 4.16. The van der Waals surface area contributed by atoms with Gasteiger partial charge in [-0.05, 0) is 38.5 Å². The second kappa shape index (κ2) is 13.5. The van der Waals surface area contributed by atoms with Gasteiger partial charge in [0.2, 0.25) is 21.8 Å². The quantitative estimate of drug-likeness (QED) is 0.136. The summed E-state index contributed by atoms with van der Waals surface area (Å²) in [5.41, 5.74) is 7.44. The van der Waals surface area contributed by atoms with E-state index in [9.17, 15) is 23.1 Å². The Morgan fingerprint density at radius 1 is 1.11 bits per heavy atom. The van der Waals surface area contributed by atoms with Crippen molar-refractivity contribution in [3.63, 3.8) is 0 Å². The number of benzene rings is 1. The topological polar surface area (TPSA) is 185 Å². The highest BCUT2D eigenvalue weighted by atomic mass is 32.2. The summed E-state index contributed by atoms with van der Waals surface area (Å²) in [6.45, 7) is 4.37. The Labute approximate surface area is 210 Å². The Hall–Kier alpha value is -3.55. The number of nitrogens with zero attached hydrogens (tertiary/aromatic N) is 2. The minimum Gasteiger partial charge on any atom is -0.394 e. The average molecular weight is 521 g/mol. The molecule has 12 nitrogen and oxygen atoms in total. The number of amides is 2. The number of aromatic nitrogens is 1. The third kappa shape index (κ3) is 9.60. The molecule has 2 aromatic rings. The molecular formula is C23H32N6O6S. The molecule has 0 aliphatic rings. The number of carbonyl (C=O) groups is 2. The van der Waals surface area contributed by atoms with Crippen molar-refractivity contribution in [1.82, 2.24) is 20.3 Å². The van der Waals surface area contributed by atoms with E-state index in [0.717, 1.165) is 0 Å². The normalized spacial score (nSPS) is 13.6. The van der Waals surface area contributed by atoms with Crippen LogP contribution in [0.1, 0.15) is 37.6 Å². The van der Waals surface area contributed by atoms with Gasteiger partial charge in [0, 0.05) is 11.8 Å². The van der Waals surface area contributed by atoms with Crippen LogP contribution >= 0.6 is 0 Å². The van der Waals surface area contributed by atoms with Gasteiger partial charge in [0.1, 0.15) is 18.2 Å². The van der Waals surface area contributed by atoms with Gasteiger partial charge in [-0.2, -0.15) is 0 Å². The van der Waals surface area contributed by atoms with Crippen molar-refractivity contribution in [2.45, 2.75) is 51.3 Å². The Balaban J connectivity index is 1.87. The Morgan fingerprint density at radius 2 is 1.81 bits per heavy atom. The zero-order valence-electron chi connectivity index (χ0n) is 20.3. The Bertz CT molecular complexity index is 1140. The summed E-state index contributed by atoms with van der Waals surface area (Å²) in [6.07, 6.45) is 1.37. The molecule has 6 N–H and O–H groups in total. The number of amidine groups is 1. The van der Waals surface area contributed by atoms with Gasteiger partial charge in [0.25, 0.3) is 0 Å². The van der Waals surface area contributed by atoms with Crippen molar-refractivity contribution >= 4 is 27.7 Å². The van der Waals surface area contributed by atoms with Crippen molar-refractivity contribution in [3.05, 3.63) is 65.5 Å². The molecule has 1 aromatic heterocycles. The highest BCUT2D eigenvalue weighted by Gasteiger charge is 2.26. The first-order valence-electron chi connectivity index (χ1n) is 11.2. The molecule has 0 saturated heterocycles. The molecule has 2 rings (SSSR count). The smallest absolute Gasteiger partial charge is 0.242 e. The molecule has 0 aliphatic carbocycles. The molecule has 1 heterocycles. The van der Waals surface area contributed by atoms with Crippen LogP contribution < -0.4 is 21.1 Å². The van der Waals surface area contributed by atoms with Gasteiger partial charge < -0.3 is 26.3 Å². The van der Waals surface area contributed by atoms with Crippen molar-refractivity contribution < 1.29 is 28.0 Å². The van der Waals surface area contributed by atoms with E-state index in [1.807, 2.05) is 13.8 Å². The van der Waals surface area contributed by atoms with Crippen LogP contribution in [0.2, 0.25) is 0 Å². The van der Waals surface area contributed by atoms with Crippen molar-refractivity contribution in [2.24, 2.45) is 10.9 Å². The maximum Gasteiger partial charge on any atom is 0.242 e. The van der Waals surface area contributed by atoms with Gasteiger partial charge in [-0.3, -0.25) is 14.6 Å². The summed E-state index contributed by atoms with van der Waals surface area (Å²) in [5.74, 6) is -1.55. The SMILES string of the molecule is CC(C)O/N=C(/N)c1ccc(CNC(=O)C(C)NC(=O)C(CO)NS(=O)(=O)Cc2ccccc2)nc1. The summed E-state index contributed by atoms with van der Waals surface area (Å²) in [7, 11) is -3.92. The molecule has 0 aliphatic heterocycles. The molecule has 0 saturated carbocycles. The van der Waals surface area contributed by atoms with Crippen LogP contribution in [0.3, 0.4) is 0 Å². The van der Waals surface area contributed by atoms with E-state index < -0.39 is 40.5 Å². The molecule has 36 heavy (non-hydrogen) atoms. The first-order valence-corrected chi connectivity index (χ1v) is 12.8. The van der Waals surface area contributed by atoms with Crippen LogP contribution in [0.25, 0.3) is 0 Å². The highest BCUT2D eigenvalue weighted by molar-refractivity contribution is 7.88. The molecule has 0 fully saturated rings. The van der Waals surface area contributed by atoms with Gasteiger partial charge in [0.05, 0.1) is 24.6 Å². The van der Waals surface area contributed by atoms with Gasteiger partial charge in [-0.1, -0.05) is 35.5 Å². The highest BCUT2D eigenvalue weighted by Crippen LogP contribution is 2.05. The van der Waals surface area contributed by atoms with E-state index in [4.69, 9.17) is 10.6 Å². The Kier molecular flexibility index (Phi) is 10.8. The number of hydrogen-bond acceptors (Lipinski definition) is 8. The first kappa shape index (κ1) is 28.7. The number of sulfonamides is 1. The number of nitrogens with one attached hydrogen (secondary N) is 3. The molecule has 1 aromatic carbocycles. The molecule has 2 unspecified atom stereocenters. The fourth-order valence-electron chi connectivity index (χ4n) is 2.83. The summed E-state index contributed by atoms with van der Waals surface area (Å²) < 4.78 is 26.9. The standard InChI is InChI=1S/C23H32N6O6S/c1-15(2)35-28-21(24)18-9-10-19(25-11-18)12-26-22(31)16(3)27-23(32)20(13-30)29-36(33,34)14-17-7-5-4-6-8-17/h4-11,15-16,20,29-30H,12-14H2,1-3H3,(H2,24,28)(H,26,31)(H,27,32). The number of aliphatic hydroxyl groups excluding tert-OH is 1. The van der Waals surface area contributed by atoms with Crippen LogP contribution in [-0.2, 0) is 36.7 Å². The molecule has 0 radical (unpaired) electrons. The van der Waals surface area contributed by atoms with E-state index in [-0.39, 0.29) is 24.2 Å². The van der Waals surface area contributed by atoms with Gasteiger partial charge in [-0.25, -0.2) is 13.1 Å². The number of pyridine rings is 1. The molecule has 0 bridgehead atoms. The Morgan fingerprint density at radius 3 is 2.39 bits per heavy atom. The molecular weight excluding hydrogens is 488 g/mol. The third-order valence-electron chi connectivity index (χ3n) is 4.70. The number of hydrogen-bond donors (Lipinski definition) is 5. The van der Waals surface area contributed by atoms with Crippen LogP contribution in [0.15, 0.2) is 53.8 Å². The lowest BCUT2D eigenvalue weighted by atomic mass is 10.2. The number of carbonyl (C=O) groups excluding carboxylic acids is 2. The average Bonchev–Trinajstić information content (AvgIpc) is 2.84. The molecule has 196 valence electrons. The second-order valence-electron chi connectivity index (χ2n) is 8.21. The van der Waals surface area contributed by atoms with Gasteiger partial charge >= 0.3 is 0 Å². The first-order chi connectivity index (χ1) is 17.0. The van der Waals surface area contributed by atoms with E-state index >= 15 is 0 Å². The van der Waals surface area contributed by atoms with Crippen LogP contribution in [0.4, 0.5) is 0 Å². The number of rotatable bonds is 13. The van der Waals surface area contributed by atoms with E-state index in [1.54, 1.807) is 42.5 Å². The summed E-state index contributed by atoms with van der Waals surface area (Å²) in [6, 6.07) is 9.28. The third-order valence-corrected chi connectivity index (χ3v) is 6.06. The van der Waals surface area contributed by atoms with E-state index in [2.05, 4.69) is 25.5 Å². The summed E-state index contributed by atoms with van der Waals surface area (Å²) >= 11 is 0. The minimum absolute atomic E-state index is 0.0754. The zero-order chi connectivity index (χ0) is 26.7. The van der Waals surface area contributed by atoms with Crippen LogP contribution in [0, 0.1) is 0 Å². The maximum atomic E-state index is 12.5. The van der Waals surface area contributed by atoms with Crippen LogP contribution in [-0.4, -0.2) is 61.0 Å². The largest absolute Gasteiger partial charge is 0.394 e. The van der Waals surface area contributed by atoms with Gasteiger partial charge in [-0.15, -0.1) is 0 Å². The lowest BCUT2D eigenvalue weighted by Crippen LogP contribution is -2.54.